The number of nitrogens with zero attached hydrogens (tertiary/aromatic N) is 3. The Morgan fingerprint density at radius 2 is 1.96 bits per heavy atom. The molecule has 3 rings (SSSR count). The van der Waals surface area contributed by atoms with Crippen LogP contribution in [0.15, 0.2) is 48.0 Å². The van der Waals surface area contributed by atoms with Crippen LogP contribution in [-0.2, 0) is 13.1 Å². The minimum absolute atomic E-state index is 0.844. The van der Waals surface area contributed by atoms with Crippen LogP contribution in [0.25, 0.3) is 10.7 Å². The molecule has 0 fully saturated rings. The van der Waals surface area contributed by atoms with E-state index in [0.29, 0.717) is 0 Å². The molecule has 0 atom stereocenters. The average Bonchev–Trinajstić information content (AvgIpc) is 2.99. The lowest BCUT2D eigenvalue weighted by atomic mass is 10.1. The van der Waals surface area contributed by atoms with Crippen molar-refractivity contribution in [3.63, 3.8) is 0 Å². The Labute approximate surface area is 141 Å². The number of benzene rings is 1. The molecule has 0 N–H and O–H groups in total. The SMILES string of the molecule is Cc1ccc(CN(C)Cc2csc(-c3ccccn3)n2)c(C)c1. The van der Waals surface area contributed by atoms with Crippen LogP contribution in [0, 0.1) is 13.8 Å². The van der Waals surface area contributed by atoms with E-state index in [1.165, 1.54) is 16.7 Å². The van der Waals surface area contributed by atoms with Crippen LogP contribution in [0.4, 0.5) is 0 Å². The third-order valence-electron chi connectivity index (χ3n) is 3.81. The van der Waals surface area contributed by atoms with E-state index in [9.17, 15) is 0 Å². The number of thiazole rings is 1. The van der Waals surface area contributed by atoms with Crippen LogP contribution in [0.3, 0.4) is 0 Å². The van der Waals surface area contributed by atoms with Crippen molar-refractivity contribution in [2.75, 3.05) is 7.05 Å². The zero-order valence-corrected chi connectivity index (χ0v) is 14.6. The molecule has 23 heavy (non-hydrogen) atoms. The van der Waals surface area contributed by atoms with Crippen molar-refractivity contribution < 1.29 is 0 Å². The standard InChI is InChI=1S/C19H21N3S/c1-14-7-8-16(15(2)10-14)11-22(3)12-17-13-23-19(21-17)18-6-4-5-9-20-18/h4-10,13H,11-12H2,1-3H3. The van der Waals surface area contributed by atoms with E-state index in [1.807, 2.05) is 24.4 Å². The molecule has 0 aliphatic rings. The third kappa shape index (κ3) is 4.03. The van der Waals surface area contributed by atoms with Crippen LogP contribution in [0.1, 0.15) is 22.4 Å². The van der Waals surface area contributed by atoms with E-state index in [-0.39, 0.29) is 0 Å². The van der Waals surface area contributed by atoms with Crippen molar-refractivity contribution in [3.8, 4) is 10.7 Å². The molecule has 0 bridgehead atoms. The largest absolute Gasteiger partial charge is 0.296 e. The summed E-state index contributed by atoms with van der Waals surface area (Å²) in [5.74, 6) is 0. The van der Waals surface area contributed by atoms with E-state index >= 15 is 0 Å². The zero-order valence-electron chi connectivity index (χ0n) is 13.8. The summed E-state index contributed by atoms with van der Waals surface area (Å²) >= 11 is 1.66. The first-order valence-electron chi connectivity index (χ1n) is 7.72. The normalized spacial score (nSPS) is 11.1. The van der Waals surface area contributed by atoms with Gasteiger partial charge in [-0.05, 0) is 44.2 Å². The summed E-state index contributed by atoms with van der Waals surface area (Å²) in [4.78, 5) is 11.4. The maximum absolute atomic E-state index is 4.71. The molecule has 0 saturated heterocycles. The number of aromatic nitrogens is 2. The number of hydrogen-bond donors (Lipinski definition) is 0. The number of rotatable bonds is 5. The van der Waals surface area contributed by atoms with Gasteiger partial charge in [0.1, 0.15) is 5.01 Å². The predicted molar refractivity (Wildman–Crippen MR) is 96.4 cm³/mol. The molecule has 0 radical (unpaired) electrons. The van der Waals surface area contributed by atoms with Gasteiger partial charge in [-0.25, -0.2) is 4.98 Å². The van der Waals surface area contributed by atoms with Gasteiger partial charge in [0.25, 0.3) is 0 Å². The fourth-order valence-electron chi connectivity index (χ4n) is 2.63. The van der Waals surface area contributed by atoms with Crippen molar-refractivity contribution in [2.24, 2.45) is 0 Å². The second-order valence-electron chi connectivity index (χ2n) is 5.96. The molecular weight excluding hydrogens is 302 g/mol. The summed E-state index contributed by atoms with van der Waals surface area (Å²) in [6, 6.07) is 12.6. The molecule has 0 aliphatic carbocycles. The van der Waals surface area contributed by atoms with Crippen LogP contribution in [0.5, 0.6) is 0 Å². The van der Waals surface area contributed by atoms with Crippen molar-refractivity contribution in [3.05, 3.63) is 70.4 Å². The lowest BCUT2D eigenvalue weighted by Gasteiger charge is -2.17. The van der Waals surface area contributed by atoms with E-state index in [4.69, 9.17) is 4.98 Å². The van der Waals surface area contributed by atoms with Gasteiger partial charge in [-0.1, -0.05) is 29.8 Å². The second-order valence-corrected chi connectivity index (χ2v) is 6.82. The van der Waals surface area contributed by atoms with Gasteiger partial charge in [0.15, 0.2) is 0 Å². The zero-order chi connectivity index (χ0) is 16.2. The Morgan fingerprint density at radius 1 is 1.09 bits per heavy atom. The molecule has 3 nitrogen and oxygen atoms in total. The maximum atomic E-state index is 4.71. The highest BCUT2D eigenvalue weighted by molar-refractivity contribution is 7.13. The quantitative estimate of drug-likeness (QED) is 0.694. The van der Waals surface area contributed by atoms with Crippen molar-refractivity contribution in [1.29, 1.82) is 0 Å². The first-order chi connectivity index (χ1) is 11.1. The van der Waals surface area contributed by atoms with E-state index in [0.717, 1.165) is 29.5 Å². The molecule has 0 unspecified atom stereocenters. The Balaban J connectivity index is 1.66. The summed E-state index contributed by atoms with van der Waals surface area (Å²) in [5.41, 5.74) is 6.08. The highest BCUT2D eigenvalue weighted by atomic mass is 32.1. The monoisotopic (exact) mass is 323 g/mol. The van der Waals surface area contributed by atoms with Crippen molar-refractivity contribution in [2.45, 2.75) is 26.9 Å². The fourth-order valence-corrected chi connectivity index (χ4v) is 3.42. The highest BCUT2D eigenvalue weighted by Gasteiger charge is 2.09. The van der Waals surface area contributed by atoms with Crippen molar-refractivity contribution >= 4 is 11.3 Å². The summed E-state index contributed by atoms with van der Waals surface area (Å²) in [6.07, 6.45) is 1.81. The van der Waals surface area contributed by atoms with E-state index < -0.39 is 0 Å². The molecule has 0 amide bonds. The fraction of sp³-hybridized carbons (Fsp3) is 0.263. The molecule has 0 aliphatic heterocycles. The Hall–Kier alpha value is -2.04. The maximum Gasteiger partial charge on any atom is 0.142 e. The van der Waals surface area contributed by atoms with Gasteiger partial charge < -0.3 is 0 Å². The van der Waals surface area contributed by atoms with Gasteiger partial charge in [-0.15, -0.1) is 11.3 Å². The molecule has 0 saturated carbocycles. The van der Waals surface area contributed by atoms with Gasteiger partial charge in [0.05, 0.1) is 11.4 Å². The first-order valence-corrected chi connectivity index (χ1v) is 8.60. The molecule has 4 heteroatoms. The smallest absolute Gasteiger partial charge is 0.142 e. The summed E-state index contributed by atoms with van der Waals surface area (Å²) in [6.45, 7) is 6.09. The average molecular weight is 323 g/mol. The predicted octanol–water partition coefficient (Wildman–Crippen LogP) is 4.45. The Morgan fingerprint density at radius 3 is 2.70 bits per heavy atom. The summed E-state index contributed by atoms with van der Waals surface area (Å²) in [7, 11) is 2.14. The third-order valence-corrected chi connectivity index (χ3v) is 4.72. The molecule has 118 valence electrons. The molecular formula is C19H21N3S. The highest BCUT2D eigenvalue weighted by Crippen LogP contribution is 2.22. The van der Waals surface area contributed by atoms with Gasteiger partial charge >= 0.3 is 0 Å². The number of pyridine rings is 1. The van der Waals surface area contributed by atoms with Gasteiger partial charge in [-0.3, -0.25) is 9.88 Å². The van der Waals surface area contributed by atoms with E-state index in [1.54, 1.807) is 11.3 Å². The lowest BCUT2D eigenvalue weighted by Crippen LogP contribution is -2.18. The molecule has 2 aromatic heterocycles. The molecule has 0 spiro atoms. The van der Waals surface area contributed by atoms with Gasteiger partial charge in [0, 0.05) is 24.7 Å². The minimum atomic E-state index is 0.844. The van der Waals surface area contributed by atoms with Gasteiger partial charge in [-0.2, -0.15) is 0 Å². The summed E-state index contributed by atoms with van der Waals surface area (Å²) in [5, 5.41) is 3.11. The Bertz CT molecular complexity index is 780. The number of aryl methyl sites for hydroxylation is 2. The second kappa shape index (κ2) is 7.02. The Kier molecular flexibility index (Phi) is 4.84. The first kappa shape index (κ1) is 15.8. The van der Waals surface area contributed by atoms with Crippen LogP contribution < -0.4 is 0 Å². The topological polar surface area (TPSA) is 29.0 Å². The molecule has 2 heterocycles. The van der Waals surface area contributed by atoms with Gasteiger partial charge in [0.2, 0.25) is 0 Å². The van der Waals surface area contributed by atoms with E-state index in [2.05, 4.69) is 54.4 Å². The van der Waals surface area contributed by atoms with Crippen LogP contribution >= 0.6 is 11.3 Å². The summed E-state index contributed by atoms with van der Waals surface area (Å²) < 4.78 is 0. The molecule has 1 aromatic carbocycles. The number of hydrogen-bond acceptors (Lipinski definition) is 4. The minimum Gasteiger partial charge on any atom is -0.296 e. The molecule has 3 aromatic rings. The van der Waals surface area contributed by atoms with Crippen molar-refractivity contribution in [1.82, 2.24) is 14.9 Å². The lowest BCUT2D eigenvalue weighted by molar-refractivity contribution is 0.315. The van der Waals surface area contributed by atoms with Crippen LogP contribution in [0.2, 0.25) is 0 Å². The van der Waals surface area contributed by atoms with Crippen LogP contribution in [-0.4, -0.2) is 21.9 Å².